The smallest absolute Gasteiger partial charge is 0.303 e. The first-order valence-corrected chi connectivity index (χ1v) is 10.3. The number of rotatable bonds is 17. The highest BCUT2D eigenvalue weighted by Crippen LogP contribution is 2.09. The summed E-state index contributed by atoms with van der Waals surface area (Å²) in [5.41, 5.74) is 5.16. The van der Waals surface area contributed by atoms with Crippen LogP contribution in [0.5, 0.6) is 0 Å². The van der Waals surface area contributed by atoms with Gasteiger partial charge in [-0.25, -0.2) is 0 Å². The van der Waals surface area contributed by atoms with Crippen LogP contribution in [-0.4, -0.2) is 106 Å². The fraction of sp³-hybridized carbons (Fsp3) is 0.684. The average Bonchev–Trinajstić information content (AvgIpc) is 2.77. The molecule has 0 aliphatic carbocycles. The number of carboxylic acids is 1. The van der Waals surface area contributed by atoms with Crippen LogP contribution < -0.4 is 21.7 Å². The van der Waals surface area contributed by atoms with Crippen LogP contribution in [0.15, 0.2) is 0 Å². The number of aliphatic hydroxyl groups is 3. The molecule has 0 aliphatic rings. The molecule has 0 saturated carbocycles. The van der Waals surface area contributed by atoms with Crippen LogP contribution in [-0.2, 0) is 33.5 Å². The van der Waals surface area contributed by atoms with Gasteiger partial charge in [-0.3, -0.25) is 24.0 Å². The molecule has 0 saturated heterocycles. The summed E-state index contributed by atoms with van der Waals surface area (Å²) in [6, 6.07) is -3.93. The third kappa shape index (κ3) is 11.1. The molecule has 0 spiro atoms. The summed E-state index contributed by atoms with van der Waals surface area (Å²) in [5, 5.41) is 44.3. The van der Waals surface area contributed by atoms with Crippen molar-refractivity contribution in [3.05, 3.63) is 0 Å². The number of ether oxygens (including phenoxy) is 1. The van der Waals surface area contributed by atoms with Gasteiger partial charge >= 0.3 is 5.97 Å². The Labute approximate surface area is 195 Å². The molecule has 0 fully saturated rings. The molecule has 194 valence electrons. The molecular weight excluding hydrogens is 460 g/mol. The van der Waals surface area contributed by atoms with E-state index < -0.39 is 85.7 Å². The molecule has 15 nitrogen and oxygen atoms in total. The lowest BCUT2D eigenvalue weighted by Gasteiger charge is -2.30. The summed E-state index contributed by atoms with van der Waals surface area (Å²) in [5.74, 6) is -4.55. The van der Waals surface area contributed by atoms with E-state index in [-0.39, 0.29) is 19.1 Å². The SMILES string of the molecule is CC[C@H](NC(=O)CO[C@@H]([C@H](O)[C@H](O)CO)[C@H](C=O)NC(C)=O)C(=O)N[C@H](CCC(=O)O)C(N)=O. The second-order valence-electron chi connectivity index (χ2n) is 7.30. The first kappa shape index (κ1) is 30.9. The van der Waals surface area contributed by atoms with Gasteiger partial charge in [0.1, 0.15) is 49.3 Å². The van der Waals surface area contributed by atoms with Gasteiger partial charge in [0.15, 0.2) is 0 Å². The van der Waals surface area contributed by atoms with E-state index in [1.165, 1.54) is 6.92 Å². The van der Waals surface area contributed by atoms with E-state index in [1.807, 2.05) is 0 Å². The van der Waals surface area contributed by atoms with Gasteiger partial charge < -0.3 is 51.6 Å². The molecule has 4 amide bonds. The Bertz CT molecular complexity index is 733. The lowest BCUT2D eigenvalue weighted by Crippen LogP contribution is -2.56. The number of nitrogens with one attached hydrogen (secondary N) is 3. The predicted molar refractivity (Wildman–Crippen MR) is 113 cm³/mol. The number of carbonyl (C=O) groups excluding carboxylic acids is 5. The molecule has 9 N–H and O–H groups in total. The van der Waals surface area contributed by atoms with Crippen LogP contribution in [0.3, 0.4) is 0 Å². The van der Waals surface area contributed by atoms with Crippen LogP contribution in [0.1, 0.15) is 33.1 Å². The zero-order chi connectivity index (χ0) is 26.4. The quantitative estimate of drug-likeness (QED) is 0.0898. The fourth-order valence-corrected chi connectivity index (χ4v) is 2.76. The number of amides is 4. The minimum atomic E-state index is -1.87. The van der Waals surface area contributed by atoms with Crippen molar-refractivity contribution in [1.29, 1.82) is 0 Å². The molecule has 6 atom stereocenters. The highest BCUT2D eigenvalue weighted by atomic mass is 16.5. The van der Waals surface area contributed by atoms with Crippen molar-refractivity contribution in [2.24, 2.45) is 5.73 Å². The Morgan fingerprint density at radius 3 is 2.12 bits per heavy atom. The molecule has 15 heteroatoms. The Morgan fingerprint density at radius 1 is 1.06 bits per heavy atom. The number of primary amides is 1. The standard InChI is InChI=1S/C19H32N4O11/c1-3-10(19(33)23-11(18(20)32)4-5-15(29)30)22-14(28)8-34-17(16(31)13(27)7-25)12(6-24)21-9(2)26/h6,10-13,16-17,25,27,31H,3-5,7-8H2,1-2H3,(H2,20,32)(H,21,26)(H,22,28)(H,23,33)(H,29,30)/t10-,11+,12-,13+,16+,17+/m0/s1. The van der Waals surface area contributed by atoms with Crippen molar-refractivity contribution in [3.8, 4) is 0 Å². The van der Waals surface area contributed by atoms with Crippen molar-refractivity contribution in [1.82, 2.24) is 16.0 Å². The molecule has 0 aromatic rings. The Morgan fingerprint density at radius 2 is 1.68 bits per heavy atom. The molecule has 0 aliphatic heterocycles. The lowest BCUT2D eigenvalue weighted by atomic mass is 10.0. The summed E-state index contributed by atoms with van der Waals surface area (Å²) in [4.78, 5) is 69.5. The maximum Gasteiger partial charge on any atom is 0.303 e. The highest BCUT2D eigenvalue weighted by Gasteiger charge is 2.35. The van der Waals surface area contributed by atoms with E-state index in [2.05, 4.69) is 16.0 Å². The van der Waals surface area contributed by atoms with Gasteiger partial charge in [-0.2, -0.15) is 0 Å². The number of aliphatic hydroxyl groups excluding tert-OH is 3. The maximum atomic E-state index is 12.4. The van der Waals surface area contributed by atoms with E-state index in [9.17, 15) is 39.0 Å². The predicted octanol–water partition coefficient (Wildman–Crippen LogP) is -4.48. The Balaban J connectivity index is 5.21. The molecule has 0 aromatic heterocycles. The second kappa shape index (κ2) is 15.7. The van der Waals surface area contributed by atoms with Gasteiger partial charge in [-0.05, 0) is 12.8 Å². The van der Waals surface area contributed by atoms with Crippen LogP contribution in [0.2, 0.25) is 0 Å². The summed E-state index contributed by atoms with van der Waals surface area (Å²) in [7, 11) is 0. The number of carbonyl (C=O) groups is 6. The molecule has 0 rings (SSSR count). The molecule has 34 heavy (non-hydrogen) atoms. The van der Waals surface area contributed by atoms with Crippen LogP contribution in [0.25, 0.3) is 0 Å². The van der Waals surface area contributed by atoms with E-state index in [4.69, 9.17) is 20.7 Å². The molecule has 0 radical (unpaired) electrons. The molecule has 0 aromatic carbocycles. The minimum absolute atomic E-state index is 0.0557. The van der Waals surface area contributed by atoms with Gasteiger partial charge in [0.2, 0.25) is 23.6 Å². The minimum Gasteiger partial charge on any atom is -0.481 e. The maximum absolute atomic E-state index is 12.4. The van der Waals surface area contributed by atoms with Crippen LogP contribution >= 0.6 is 0 Å². The first-order valence-electron chi connectivity index (χ1n) is 10.3. The third-order valence-corrected chi connectivity index (χ3v) is 4.56. The van der Waals surface area contributed by atoms with Crippen molar-refractivity contribution in [2.45, 2.75) is 69.5 Å². The van der Waals surface area contributed by atoms with E-state index in [0.29, 0.717) is 0 Å². The largest absolute Gasteiger partial charge is 0.481 e. The number of aldehydes is 1. The van der Waals surface area contributed by atoms with E-state index >= 15 is 0 Å². The summed E-state index contributed by atoms with van der Waals surface area (Å²) in [6.45, 7) is 0.881. The summed E-state index contributed by atoms with van der Waals surface area (Å²) >= 11 is 0. The molecular formula is C19H32N4O11. The van der Waals surface area contributed by atoms with Gasteiger partial charge in [0.25, 0.3) is 0 Å². The van der Waals surface area contributed by atoms with Crippen molar-refractivity contribution in [3.63, 3.8) is 0 Å². The van der Waals surface area contributed by atoms with E-state index in [1.54, 1.807) is 0 Å². The fourth-order valence-electron chi connectivity index (χ4n) is 2.76. The van der Waals surface area contributed by atoms with Crippen molar-refractivity contribution >= 4 is 35.9 Å². The Hall–Kier alpha value is -3.14. The van der Waals surface area contributed by atoms with Gasteiger partial charge in [-0.15, -0.1) is 0 Å². The van der Waals surface area contributed by atoms with Crippen molar-refractivity contribution in [2.75, 3.05) is 13.2 Å². The van der Waals surface area contributed by atoms with Gasteiger partial charge in [0.05, 0.1) is 6.61 Å². The summed E-state index contributed by atoms with van der Waals surface area (Å²) < 4.78 is 5.20. The molecule has 0 unspecified atom stereocenters. The molecule has 0 heterocycles. The topological polar surface area (TPSA) is 255 Å². The second-order valence-corrected chi connectivity index (χ2v) is 7.30. The third-order valence-electron chi connectivity index (χ3n) is 4.56. The normalized spacial score (nSPS) is 16.1. The zero-order valence-electron chi connectivity index (χ0n) is 18.8. The monoisotopic (exact) mass is 492 g/mol. The number of hydrogen-bond donors (Lipinski definition) is 8. The number of nitrogens with two attached hydrogens (primary N) is 1. The Kier molecular flexibility index (Phi) is 14.2. The summed E-state index contributed by atoms with van der Waals surface area (Å²) in [6.07, 6.45) is -5.67. The van der Waals surface area contributed by atoms with Crippen LogP contribution in [0, 0.1) is 0 Å². The van der Waals surface area contributed by atoms with Gasteiger partial charge in [-0.1, -0.05) is 6.92 Å². The zero-order valence-corrected chi connectivity index (χ0v) is 18.8. The highest BCUT2D eigenvalue weighted by molar-refractivity contribution is 5.92. The first-order chi connectivity index (χ1) is 15.9. The van der Waals surface area contributed by atoms with Gasteiger partial charge in [0, 0.05) is 13.3 Å². The number of hydrogen-bond acceptors (Lipinski definition) is 10. The molecule has 0 bridgehead atoms. The average molecular weight is 492 g/mol. The van der Waals surface area contributed by atoms with Crippen LogP contribution in [0.4, 0.5) is 0 Å². The van der Waals surface area contributed by atoms with Crippen molar-refractivity contribution < 1.29 is 53.9 Å². The number of aliphatic carboxylic acids is 1. The lowest BCUT2D eigenvalue weighted by molar-refractivity contribution is -0.146. The number of carboxylic acid groups (broad SMARTS) is 1. The van der Waals surface area contributed by atoms with E-state index in [0.717, 1.165) is 6.92 Å².